The normalized spacial score (nSPS) is 16.4. The molecule has 1 aliphatic rings. The first-order valence-corrected chi connectivity index (χ1v) is 7.85. The van der Waals surface area contributed by atoms with Crippen LogP contribution in [0, 0.1) is 0 Å². The maximum absolute atomic E-state index is 4.62. The van der Waals surface area contributed by atoms with Gasteiger partial charge >= 0.3 is 0 Å². The van der Waals surface area contributed by atoms with E-state index in [9.17, 15) is 0 Å². The number of hydrogen-bond acceptors (Lipinski definition) is 7. The van der Waals surface area contributed by atoms with Gasteiger partial charge in [0.25, 0.3) is 0 Å². The van der Waals surface area contributed by atoms with Crippen LogP contribution >= 0.6 is 11.5 Å². The predicted octanol–water partition coefficient (Wildman–Crippen LogP) is 1.08. The summed E-state index contributed by atoms with van der Waals surface area (Å²) in [5, 5.41) is 14.9. The van der Waals surface area contributed by atoms with E-state index in [1.54, 1.807) is 0 Å². The molecule has 0 atom stereocenters. The summed E-state index contributed by atoms with van der Waals surface area (Å²) in [5.41, 5.74) is 1.01. The zero-order chi connectivity index (χ0) is 13.8. The van der Waals surface area contributed by atoms with Crippen LogP contribution in [0.4, 0.5) is 5.95 Å². The van der Waals surface area contributed by atoms with Gasteiger partial charge in [-0.15, -0.1) is 10.2 Å². The van der Waals surface area contributed by atoms with Crippen molar-refractivity contribution in [1.29, 1.82) is 0 Å². The fourth-order valence-corrected chi connectivity index (χ4v) is 2.98. The molecule has 0 bridgehead atoms. The minimum absolute atomic E-state index is 0.777. The second-order valence-electron chi connectivity index (χ2n) is 4.87. The minimum Gasteiger partial charge on any atom is -0.338 e. The van der Waals surface area contributed by atoms with Gasteiger partial charge in [-0.05, 0) is 30.9 Å². The summed E-state index contributed by atoms with van der Waals surface area (Å²) < 4.78 is 4.03. The highest BCUT2D eigenvalue weighted by atomic mass is 32.1. The molecule has 20 heavy (non-hydrogen) atoms. The van der Waals surface area contributed by atoms with E-state index >= 15 is 0 Å². The molecule has 0 unspecified atom stereocenters. The van der Waals surface area contributed by atoms with Gasteiger partial charge < -0.3 is 10.2 Å². The van der Waals surface area contributed by atoms with Crippen LogP contribution in [-0.4, -0.2) is 50.9 Å². The third-order valence-electron chi connectivity index (χ3n) is 3.35. The summed E-state index contributed by atoms with van der Waals surface area (Å²) in [4.78, 5) is 7.85. The lowest BCUT2D eigenvalue weighted by molar-refractivity contribution is 0.724. The van der Waals surface area contributed by atoms with Gasteiger partial charge in [0.15, 0.2) is 5.82 Å². The van der Waals surface area contributed by atoms with Gasteiger partial charge in [-0.25, -0.2) is 0 Å². The standard InChI is InChI=1S/C12H19N7S/c1-2-4-9-10(20-18-15-9)11-14-12(17-16-11)19-7-3-5-13-6-8-19/h13H,2-8H2,1H3,(H,14,16,17). The summed E-state index contributed by atoms with van der Waals surface area (Å²) in [6, 6.07) is 0. The summed E-state index contributed by atoms with van der Waals surface area (Å²) in [5.74, 6) is 1.57. The third-order valence-corrected chi connectivity index (χ3v) is 4.13. The molecule has 0 spiro atoms. The van der Waals surface area contributed by atoms with Crippen molar-refractivity contribution in [1.82, 2.24) is 30.1 Å². The van der Waals surface area contributed by atoms with Crippen LogP contribution in [0.3, 0.4) is 0 Å². The van der Waals surface area contributed by atoms with Crippen molar-refractivity contribution in [3.05, 3.63) is 5.69 Å². The van der Waals surface area contributed by atoms with Crippen molar-refractivity contribution in [2.75, 3.05) is 31.1 Å². The average molecular weight is 293 g/mol. The molecule has 108 valence electrons. The Balaban J connectivity index is 1.80. The molecule has 2 aromatic heterocycles. The van der Waals surface area contributed by atoms with Gasteiger partial charge in [0.05, 0.1) is 5.69 Å². The molecule has 0 saturated carbocycles. The first kappa shape index (κ1) is 13.4. The quantitative estimate of drug-likeness (QED) is 0.877. The van der Waals surface area contributed by atoms with Crippen LogP contribution in [0.15, 0.2) is 0 Å². The van der Waals surface area contributed by atoms with Gasteiger partial charge in [0, 0.05) is 19.6 Å². The Kier molecular flexibility index (Phi) is 4.22. The van der Waals surface area contributed by atoms with Gasteiger partial charge in [-0.2, -0.15) is 4.98 Å². The average Bonchev–Trinajstić information content (AvgIpc) is 3.02. The number of H-pyrrole nitrogens is 1. The van der Waals surface area contributed by atoms with E-state index in [-0.39, 0.29) is 0 Å². The first-order valence-electron chi connectivity index (χ1n) is 7.08. The molecular formula is C12H19N7S. The SMILES string of the molecule is CCCc1nnsc1-c1nc(N2CCCNCC2)n[nH]1. The molecule has 1 fully saturated rings. The van der Waals surface area contributed by atoms with E-state index < -0.39 is 0 Å². The fraction of sp³-hybridized carbons (Fsp3) is 0.667. The molecule has 7 nitrogen and oxygen atoms in total. The van der Waals surface area contributed by atoms with Crippen molar-refractivity contribution in [3.8, 4) is 10.7 Å². The molecule has 2 N–H and O–H groups in total. The molecule has 2 aromatic rings. The number of aryl methyl sites for hydroxylation is 1. The topological polar surface area (TPSA) is 82.6 Å². The minimum atomic E-state index is 0.777. The lowest BCUT2D eigenvalue weighted by Crippen LogP contribution is -2.28. The zero-order valence-corrected chi connectivity index (χ0v) is 12.4. The number of rotatable bonds is 4. The molecule has 0 aromatic carbocycles. The number of nitrogens with one attached hydrogen (secondary N) is 2. The second kappa shape index (κ2) is 6.27. The summed E-state index contributed by atoms with van der Waals surface area (Å²) in [6.07, 6.45) is 3.10. The molecular weight excluding hydrogens is 274 g/mol. The molecule has 0 amide bonds. The number of aromatic nitrogens is 5. The largest absolute Gasteiger partial charge is 0.338 e. The number of hydrogen-bond donors (Lipinski definition) is 2. The molecule has 1 aliphatic heterocycles. The van der Waals surface area contributed by atoms with Crippen LogP contribution in [0.1, 0.15) is 25.5 Å². The van der Waals surface area contributed by atoms with Crippen LogP contribution in [0.25, 0.3) is 10.7 Å². The summed E-state index contributed by atoms with van der Waals surface area (Å²) in [6.45, 7) is 6.12. The molecule has 1 saturated heterocycles. The second-order valence-corrected chi connectivity index (χ2v) is 5.63. The van der Waals surface area contributed by atoms with Gasteiger partial charge in [0.2, 0.25) is 5.95 Å². The van der Waals surface area contributed by atoms with E-state index in [0.29, 0.717) is 0 Å². The highest BCUT2D eigenvalue weighted by Crippen LogP contribution is 2.25. The Morgan fingerprint density at radius 2 is 2.25 bits per heavy atom. The molecule has 0 radical (unpaired) electrons. The fourth-order valence-electron chi connectivity index (χ4n) is 2.33. The lowest BCUT2D eigenvalue weighted by atomic mass is 10.2. The van der Waals surface area contributed by atoms with E-state index in [2.05, 4.69) is 41.9 Å². The molecule has 3 heterocycles. The van der Waals surface area contributed by atoms with Crippen LogP contribution < -0.4 is 10.2 Å². The van der Waals surface area contributed by atoms with Crippen molar-refractivity contribution in [2.24, 2.45) is 0 Å². The Hall–Kier alpha value is -1.54. The van der Waals surface area contributed by atoms with Crippen molar-refractivity contribution in [3.63, 3.8) is 0 Å². The maximum Gasteiger partial charge on any atom is 0.245 e. The predicted molar refractivity (Wildman–Crippen MR) is 79.0 cm³/mol. The van der Waals surface area contributed by atoms with Crippen molar-refractivity contribution in [2.45, 2.75) is 26.2 Å². The van der Waals surface area contributed by atoms with Crippen molar-refractivity contribution < 1.29 is 0 Å². The molecule has 0 aliphatic carbocycles. The lowest BCUT2D eigenvalue weighted by Gasteiger charge is -2.16. The number of nitrogens with zero attached hydrogens (tertiary/aromatic N) is 5. The monoisotopic (exact) mass is 293 g/mol. The Labute approximate surface area is 122 Å². The molecule has 8 heteroatoms. The van der Waals surface area contributed by atoms with Crippen LogP contribution in [0.5, 0.6) is 0 Å². The highest BCUT2D eigenvalue weighted by molar-refractivity contribution is 7.09. The van der Waals surface area contributed by atoms with Crippen molar-refractivity contribution >= 4 is 17.5 Å². The van der Waals surface area contributed by atoms with Crippen LogP contribution in [-0.2, 0) is 6.42 Å². The Morgan fingerprint density at radius 1 is 1.30 bits per heavy atom. The third kappa shape index (κ3) is 2.80. The van der Waals surface area contributed by atoms with E-state index in [1.165, 1.54) is 11.5 Å². The van der Waals surface area contributed by atoms with Gasteiger partial charge in [-0.3, -0.25) is 5.10 Å². The maximum atomic E-state index is 4.62. The zero-order valence-electron chi connectivity index (χ0n) is 11.6. The van der Waals surface area contributed by atoms with Crippen LogP contribution in [0.2, 0.25) is 0 Å². The Bertz CT molecular complexity index is 542. The Morgan fingerprint density at radius 3 is 3.15 bits per heavy atom. The summed E-state index contributed by atoms with van der Waals surface area (Å²) >= 11 is 1.38. The number of anilines is 1. The van der Waals surface area contributed by atoms with E-state index in [1.807, 2.05) is 0 Å². The van der Waals surface area contributed by atoms with E-state index in [0.717, 1.165) is 67.8 Å². The van der Waals surface area contributed by atoms with Gasteiger partial charge in [-0.1, -0.05) is 17.8 Å². The van der Waals surface area contributed by atoms with Gasteiger partial charge in [0.1, 0.15) is 4.88 Å². The molecule has 3 rings (SSSR count). The highest BCUT2D eigenvalue weighted by Gasteiger charge is 2.18. The van der Waals surface area contributed by atoms with E-state index in [4.69, 9.17) is 0 Å². The smallest absolute Gasteiger partial charge is 0.245 e. The summed E-state index contributed by atoms with van der Waals surface area (Å²) in [7, 11) is 0. The first-order chi connectivity index (χ1) is 9.88. The number of aromatic amines is 1.